The number of aromatic nitrogens is 4. The Kier molecular flexibility index (Phi) is 6.24. The van der Waals surface area contributed by atoms with Crippen molar-refractivity contribution >= 4 is 0 Å². The number of rotatable bonds is 8. The molecule has 0 saturated carbocycles. The second-order valence-electron chi connectivity index (χ2n) is 4.46. The molecule has 0 aliphatic rings. The topological polar surface area (TPSA) is 118 Å². The number of nitriles is 2. The molecule has 0 aliphatic heterocycles. The third kappa shape index (κ3) is 5.56. The molecule has 116 valence electrons. The van der Waals surface area contributed by atoms with Gasteiger partial charge in [0.1, 0.15) is 12.1 Å². The van der Waals surface area contributed by atoms with Gasteiger partial charge >= 0.3 is 0 Å². The molecule has 0 radical (unpaired) electrons. The molecule has 2 aromatic heterocycles. The first-order valence-electron chi connectivity index (χ1n) is 7.01. The molecule has 2 heterocycles. The Hall–Kier alpha value is -3.26. The molecule has 0 aliphatic carbocycles. The summed E-state index contributed by atoms with van der Waals surface area (Å²) in [4.78, 5) is 15.7. The molecule has 0 saturated heterocycles. The summed E-state index contributed by atoms with van der Waals surface area (Å²) in [5.74, 6) is 0.821. The van der Waals surface area contributed by atoms with Gasteiger partial charge in [0.15, 0.2) is 11.4 Å². The molecule has 0 amide bonds. The second kappa shape index (κ2) is 8.90. The quantitative estimate of drug-likeness (QED) is 0.675. The Morgan fingerprint density at radius 2 is 1.17 bits per heavy atom. The number of ether oxygens (including phenoxy) is 2. The summed E-state index contributed by atoms with van der Waals surface area (Å²) in [7, 11) is 0. The molecule has 2 aromatic rings. The van der Waals surface area contributed by atoms with E-state index in [-0.39, 0.29) is 11.4 Å². The second-order valence-corrected chi connectivity index (χ2v) is 4.46. The van der Waals surface area contributed by atoms with Gasteiger partial charge in [-0.2, -0.15) is 10.5 Å². The van der Waals surface area contributed by atoms with Crippen LogP contribution >= 0.6 is 0 Å². The average Bonchev–Trinajstić information content (AvgIpc) is 2.62. The highest BCUT2D eigenvalue weighted by Gasteiger charge is 1.99. The minimum Gasteiger partial charge on any atom is -0.477 e. The molecule has 8 nitrogen and oxygen atoms in total. The lowest BCUT2D eigenvalue weighted by molar-refractivity contribution is 0.268. The van der Waals surface area contributed by atoms with Crippen LogP contribution in [0.3, 0.4) is 0 Å². The molecular formula is C15H14N6O2. The molecule has 0 atom stereocenters. The van der Waals surface area contributed by atoms with Gasteiger partial charge in [-0.1, -0.05) is 0 Å². The van der Waals surface area contributed by atoms with Gasteiger partial charge in [-0.25, -0.2) is 19.9 Å². The third-order valence-corrected chi connectivity index (χ3v) is 2.77. The van der Waals surface area contributed by atoms with Gasteiger partial charge in [-0.3, -0.25) is 0 Å². The monoisotopic (exact) mass is 310 g/mol. The van der Waals surface area contributed by atoms with E-state index in [1.807, 2.05) is 12.1 Å². The van der Waals surface area contributed by atoms with E-state index in [9.17, 15) is 0 Å². The highest BCUT2D eigenvalue weighted by Crippen LogP contribution is 2.07. The first-order valence-corrected chi connectivity index (χ1v) is 7.01. The van der Waals surface area contributed by atoms with E-state index in [1.165, 1.54) is 24.8 Å². The summed E-state index contributed by atoms with van der Waals surface area (Å²) in [6.45, 7) is 1.05. The van der Waals surface area contributed by atoms with Crippen LogP contribution in [0, 0.1) is 22.7 Å². The van der Waals surface area contributed by atoms with Crippen LogP contribution < -0.4 is 9.47 Å². The van der Waals surface area contributed by atoms with Crippen molar-refractivity contribution < 1.29 is 9.47 Å². The van der Waals surface area contributed by atoms with Crippen LogP contribution in [0.15, 0.2) is 24.8 Å². The molecule has 0 bridgehead atoms. The third-order valence-electron chi connectivity index (χ3n) is 2.77. The fourth-order valence-electron chi connectivity index (χ4n) is 1.63. The Balaban J connectivity index is 1.55. The van der Waals surface area contributed by atoms with Gasteiger partial charge in [0, 0.05) is 0 Å². The number of nitrogens with zero attached hydrogens (tertiary/aromatic N) is 6. The van der Waals surface area contributed by atoms with Crippen molar-refractivity contribution in [1.29, 1.82) is 10.5 Å². The summed E-state index contributed by atoms with van der Waals surface area (Å²) >= 11 is 0. The normalized spacial score (nSPS) is 9.65. The first-order chi connectivity index (χ1) is 11.3. The van der Waals surface area contributed by atoms with Crippen molar-refractivity contribution in [2.45, 2.75) is 19.3 Å². The zero-order valence-corrected chi connectivity index (χ0v) is 12.3. The molecule has 0 aromatic carbocycles. The summed E-state index contributed by atoms with van der Waals surface area (Å²) in [6.07, 6.45) is 8.25. The van der Waals surface area contributed by atoms with E-state index in [2.05, 4.69) is 19.9 Å². The van der Waals surface area contributed by atoms with Crippen molar-refractivity contribution in [3.8, 4) is 23.9 Å². The maximum Gasteiger partial charge on any atom is 0.232 e. The van der Waals surface area contributed by atoms with Gasteiger partial charge in [0.05, 0.1) is 38.0 Å². The fraction of sp³-hybridized carbons (Fsp3) is 0.333. The lowest BCUT2D eigenvalue weighted by atomic mass is 10.2. The number of hydrogen-bond donors (Lipinski definition) is 0. The van der Waals surface area contributed by atoms with E-state index in [0.717, 1.165) is 19.3 Å². The minimum atomic E-state index is 0.264. The highest BCUT2D eigenvalue weighted by molar-refractivity contribution is 5.18. The maximum atomic E-state index is 8.61. The van der Waals surface area contributed by atoms with Crippen LogP contribution in [0.2, 0.25) is 0 Å². The standard InChI is InChI=1S/C15H14N6O2/c16-6-12-8-20-14(10-18-12)22-4-2-1-3-5-23-15-11-19-13(7-17)9-21-15/h8-11H,1-5H2. The lowest BCUT2D eigenvalue weighted by Gasteiger charge is -2.06. The summed E-state index contributed by atoms with van der Waals surface area (Å²) < 4.78 is 10.8. The van der Waals surface area contributed by atoms with Crippen molar-refractivity contribution in [1.82, 2.24) is 19.9 Å². The SMILES string of the molecule is N#Cc1cnc(OCCCCCOc2cnc(C#N)cn2)cn1. The van der Waals surface area contributed by atoms with Crippen molar-refractivity contribution in [3.05, 3.63) is 36.2 Å². The van der Waals surface area contributed by atoms with Crippen LogP contribution in [-0.4, -0.2) is 33.1 Å². The van der Waals surface area contributed by atoms with Crippen molar-refractivity contribution in [2.24, 2.45) is 0 Å². The van der Waals surface area contributed by atoms with Gasteiger partial charge in [0.25, 0.3) is 0 Å². The molecule has 0 fully saturated rings. The number of hydrogen-bond acceptors (Lipinski definition) is 8. The van der Waals surface area contributed by atoms with Gasteiger partial charge in [0.2, 0.25) is 11.8 Å². The Morgan fingerprint density at radius 3 is 1.52 bits per heavy atom. The molecule has 0 N–H and O–H groups in total. The molecule has 0 spiro atoms. The van der Waals surface area contributed by atoms with Crippen LogP contribution in [0.4, 0.5) is 0 Å². The Morgan fingerprint density at radius 1 is 0.696 bits per heavy atom. The zero-order chi connectivity index (χ0) is 16.3. The first kappa shape index (κ1) is 16.1. The van der Waals surface area contributed by atoms with Crippen molar-refractivity contribution in [2.75, 3.05) is 13.2 Å². The smallest absolute Gasteiger partial charge is 0.232 e. The molecule has 0 unspecified atom stereocenters. The average molecular weight is 310 g/mol. The van der Waals surface area contributed by atoms with Crippen LogP contribution in [0.1, 0.15) is 30.7 Å². The van der Waals surface area contributed by atoms with E-state index in [4.69, 9.17) is 20.0 Å². The highest BCUT2D eigenvalue weighted by atomic mass is 16.5. The van der Waals surface area contributed by atoms with Crippen LogP contribution in [0.25, 0.3) is 0 Å². The zero-order valence-electron chi connectivity index (χ0n) is 12.3. The predicted molar refractivity (Wildman–Crippen MR) is 78.3 cm³/mol. The summed E-state index contributed by atoms with van der Waals surface area (Å²) in [5.41, 5.74) is 0.529. The van der Waals surface area contributed by atoms with Crippen LogP contribution in [-0.2, 0) is 0 Å². The van der Waals surface area contributed by atoms with Gasteiger partial charge in [-0.15, -0.1) is 0 Å². The largest absolute Gasteiger partial charge is 0.477 e. The Bertz CT molecular complexity index is 626. The van der Waals surface area contributed by atoms with E-state index in [0.29, 0.717) is 25.0 Å². The lowest BCUT2D eigenvalue weighted by Crippen LogP contribution is -2.03. The summed E-state index contributed by atoms with van der Waals surface area (Å²) in [5, 5.41) is 17.2. The predicted octanol–water partition coefficient (Wildman–Crippen LogP) is 1.64. The summed E-state index contributed by atoms with van der Waals surface area (Å²) in [6, 6.07) is 3.79. The molecular weight excluding hydrogens is 296 g/mol. The maximum absolute atomic E-state index is 8.61. The van der Waals surface area contributed by atoms with Crippen molar-refractivity contribution in [3.63, 3.8) is 0 Å². The van der Waals surface area contributed by atoms with Gasteiger partial charge in [-0.05, 0) is 19.3 Å². The van der Waals surface area contributed by atoms with E-state index < -0.39 is 0 Å². The fourth-order valence-corrected chi connectivity index (χ4v) is 1.63. The Labute approximate surface area is 133 Å². The number of unbranched alkanes of at least 4 members (excludes halogenated alkanes) is 2. The molecule has 2 rings (SSSR count). The van der Waals surface area contributed by atoms with E-state index >= 15 is 0 Å². The van der Waals surface area contributed by atoms with Gasteiger partial charge < -0.3 is 9.47 Å². The molecule has 23 heavy (non-hydrogen) atoms. The molecule has 8 heteroatoms. The van der Waals surface area contributed by atoms with E-state index in [1.54, 1.807) is 0 Å². The van der Waals surface area contributed by atoms with Crippen LogP contribution in [0.5, 0.6) is 11.8 Å². The minimum absolute atomic E-state index is 0.264.